The number of rotatable bonds is 3. The molecule has 2 aromatic rings. The van der Waals surface area contributed by atoms with E-state index in [-0.39, 0.29) is 11.7 Å². The number of anilines is 1. The number of halogens is 2. The van der Waals surface area contributed by atoms with Crippen LogP contribution >= 0.6 is 0 Å². The fourth-order valence-corrected chi connectivity index (χ4v) is 2.49. The molecule has 0 spiro atoms. The van der Waals surface area contributed by atoms with Gasteiger partial charge in [-0.25, -0.2) is 8.78 Å². The average molecular weight is 303 g/mol. The quantitative estimate of drug-likeness (QED) is 0.938. The van der Waals surface area contributed by atoms with E-state index < -0.39 is 11.9 Å². The van der Waals surface area contributed by atoms with Crippen LogP contribution in [0.4, 0.5) is 14.5 Å². The zero-order valence-electron chi connectivity index (χ0n) is 11.8. The first-order valence-electron chi connectivity index (χ1n) is 7.11. The standard InChI is InChI=1S/C17H15F2NO2/c18-12-5-3-11(4-6-12)14-10-13(19)7-8-15(14)20-17(21)16-2-1-9-22-16/h3-8,10,16H,1-2,9H2,(H,20,21)/t16-/m0/s1. The number of benzene rings is 2. The van der Waals surface area contributed by atoms with Crippen molar-refractivity contribution in [1.82, 2.24) is 0 Å². The summed E-state index contributed by atoms with van der Waals surface area (Å²) in [5, 5.41) is 2.77. The lowest BCUT2D eigenvalue weighted by atomic mass is 10.0. The van der Waals surface area contributed by atoms with Gasteiger partial charge >= 0.3 is 0 Å². The highest BCUT2D eigenvalue weighted by molar-refractivity contribution is 5.98. The molecule has 1 atom stereocenters. The van der Waals surface area contributed by atoms with E-state index in [2.05, 4.69) is 5.32 Å². The summed E-state index contributed by atoms with van der Waals surface area (Å²) in [6.45, 7) is 0.576. The zero-order chi connectivity index (χ0) is 15.5. The molecule has 1 saturated heterocycles. The molecule has 3 nitrogen and oxygen atoms in total. The van der Waals surface area contributed by atoms with E-state index in [1.807, 2.05) is 0 Å². The van der Waals surface area contributed by atoms with Crippen molar-refractivity contribution in [1.29, 1.82) is 0 Å². The Bertz CT molecular complexity index is 680. The first-order chi connectivity index (χ1) is 10.6. The summed E-state index contributed by atoms with van der Waals surface area (Å²) in [6.07, 6.45) is 1.07. The van der Waals surface area contributed by atoms with Crippen LogP contribution in [0.15, 0.2) is 42.5 Å². The van der Waals surface area contributed by atoms with Crippen LogP contribution in [0.1, 0.15) is 12.8 Å². The Labute approximate surface area is 126 Å². The highest BCUT2D eigenvalue weighted by atomic mass is 19.1. The van der Waals surface area contributed by atoms with Crippen molar-refractivity contribution in [2.75, 3.05) is 11.9 Å². The third-order valence-electron chi connectivity index (χ3n) is 3.62. The van der Waals surface area contributed by atoms with Crippen LogP contribution < -0.4 is 5.32 Å². The van der Waals surface area contributed by atoms with Gasteiger partial charge in [-0.05, 0) is 48.7 Å². The number of carbonyl (C=O) groups is 1. The second-order valence-electron chi connectivity index (χ2n) is 5.19. The lowest BCUT2D eigenvalue weighted by Gasteiger charge is -2.14. The van der Waals surface area contributed by atoms with E-state index in [0.717, 1.165) is 6.42 Å². The van der Waals surface area contributed by atoms with Crippen molar-refractivity contribution >= 4 is 11.6 Å². The van der Waals surface area contributed by atoms with Crippen molar-refractivity contribution in [3.63, 3.8) is 0 Å². The molecule has 114 valence electrons. The maximum Gasteiger partial charge on any atom is 0.253 e. The number of amides is 1. The molecule has 1 amide bonds. The minimum Gasteiger partial charge on any atom is -0.368 e. The van der Waals surface area contributed by atoms with Gasteiger partial charge < -0.3 is 10.1 Å². The van der Waals surface area contributed by atoms with E-state index in [9.17, 15) is 13.6 Å². The third-order valence-corrected chi connectivity index (χ3v) is 3.62. The summed E-state index contributed by atoms with van der Waals surface area (Å²) in [5.74, 6) is -1.04. The van der Waals surface area contributed by atoms with Gasteiger partial charge in [0, 0.05) is 17.9 Å². The van der Waals surface area contributed by atoms with Gasteiger partial charge in [-0.2, -0.15) is 0 Å². The maximum absolute atomic E-state index is 13.5. The van der Waals surface area contributed by atoms with Crippen LogP contribution in [0.25, 0.3) is 11.1 Å². The van der Waals surface area contributed by atoms with Gasteiger partial charge in [0.05, 0.1) is 0 Å². The fraction of sp³-hybridized carbons (Fsp3) is 0.235. The molecular weight excluding hydrogens is 288 g/mol. The van der Waals surface area contributed by atoms with Crippen molar-refractivity contribution in [2.24, 2.45) is 0 Å². The van der Waals surface area contributed by atoms with E-state index in [4.69, 9.17) is 4.74 Å². The molecule has 1 aliphatic rings. The molecule has 5 heteroatoms. The molecule has 3 rings (SSSR count). The number of ether oxygens (including phenoxy) is 1. The van der Waals surface area contributed by atoms with Gasteiger partial charge in [-0.15, -0.1) is 0 Å². The van der Waals surface area contributed by atoms with Crippen LogP contribution in [0, 0.1) is 11.6 Å². The third kappa shape index (κ3) is 3.14. The van der Waals surface area contributed by atoms with E-state index >= 15 is 0 Å². The summed E-state index contributed by atoms with van der Waals surface area (Å²) in [5.41, 5.74) is 1.61. The minimum absolute atomic E-state index is 0.243. The number of hydrogen-bond acceptors (Lipinski definition) is 2. The number of nitrogens with one attached hydrogen (secondary N) is 1. The monoisotopic (exact) mass is 303 g/mol. The number of carbonyl (C=O) groups excluding carboxylic acids is 1. The van der Waals surface area contributed by atoms with Crippen LogP contribution in [-0.2, 0) is 9.53 Å². The Morgan fingerprint density at radius 3 is 2.50 bits per heavy atom. The molecule has 1 fully saturated rings. The maximum atomic E-state index is 13.5. The molecule has 0 saturated carbocycles. The van der Waals surface area contributed by atoms with Gasteiger partial charge in [0.1, 0.15) is 17.7 Å². The zero-order valence-corrected chi connectivity index (χ0v) is 11.8. The van der Waals surface area contributed by atoms with Crippen molar-refractivity contribution in [3.8, 4) is 11.1 Å². The average Bonchev–Trinajstić information content (AvgIpc) is 3.04. The van der Waals surface area contributed by atoms with E-state index in [0.29, 0.717) is 29.8 Å². The lowest BCUT2D eigenvalue weighted by Crippen LogP contribution is -2.27. The summed E-state index contributed by atoms with van der Waals surface area (Å²) in [7, 11) is 0. The SMILES string of the molecule is O=C(Nc1ccc(F)cc1-c1ccc(F)cc1)[C@@H]1CCCO1. The van der Waals surface area contributed by atoms with Crippen molar-refractivity contribution in [2.45, 2.75) is 18.9 Å². The van der Waals surface area contributed by atoms with E-state index in [1.54, 1.807) is 12.1 Å². The molecule has 2 aromatic carbocycles. The first-order valence-corrected chi connectivity index (χ1v) is 7.11. The van der Waals surface area contributed by atoms with Crippen LogP contribution in [0.5, 0.6) is 0 Å². The largest absolute Gasteiger partial charge is 0.368 e. The molecule has 1 N–H and O–H groups in total. The Hall–Kier alpha value is -2.27. The Kier molecular flexibility index (Phi) is 4.15. The number of hydrogen-bond donors (Lipinski definition) is 1. The van der Waals surface area contributed by atoms with Crippen molar-refractivity contribution < 1.29 is 18.3 Å². The minimum atomic E-state index is -0.467. The second kappa shape index (κ2) is 6.23. The molecule has 22 heavy (non-hydrogen) atoms. The Balaban J connectivity index is 1.90. The molecule has 0 unspecified atom stereocenters. The molecule has 0 radical (unpaired) electrons. The van der Waals surface area contributed by atoms with Gasteiger partial charge in [-0.1, -0.05) is 12.1 Å². The van der Waals surface area contributed by atoms with Gasteiger partial charge in [0.15, 0.2) is 0 Å². The predicted octanol–water partition coefficient (Wildman–Crippen LogP) is 3.75. The molecule has 1 aliphatic heterocycles. The summed E-state index contributed by atoms with van der Waals surface area (Å²) in [6, 6.07) is 9.78. The highest BCUT2D eigenvalue weighted by Crippen LogP contribution is 2.29. The molecular formula is C17H15F2NO2. The fourth-order valence-electron chi connectivity index (χ4n) is 2.49. The summed E-state index contributed by atoms with van der Waals surface area (Å²) >= 11 is 0. The Morgan fingerprint density at radius 1 is 1.09 bits per heavy atom. The second-order valence-corrected chi connectivity index (χ2v) is 5.19. The van der Waals surface area contributed by atoms with Crippen LogP contribution in [-0.4, -0.2) is 18.6 Å². The Morgan fingerprint density at radius 2 is 1.82 bits per heavy atom. The van der Waals surface area contributed by atoms with Gasteiger partial charge in [0.2, 0.25) is 0 Å². The predicted molar refractivity (Wildman–Crippen MR) is 79.4 cm³/mol. The van der Waals surface area contributed by atoms with E-state index in [1.165, 1.54) is 30.3 Å². The summed E-state index contributed by atoms with van der Waals surface area (Å²) < 4.78 is 31.9. The van der Waals surface area contributed by atoms with Gasteiger partial charge in [0.25, 0.3) is 5.91 Å². The molecule has 0 bridgehead atoms. The first kappa shape index (κ1) is 14.7. The summed E-state index contributed by atoms with van der Waals surface area (Å²) in [4.78, 5) is 12.1. The van der Waals surface area contributed by atoms with Crippen LogP contribution in [0.3, 0.4) is 0 Å². The lowest BCUT2D eigenvalue weighted by molar-refractivity contribution is -0.124. The molecule has 1 heterocycles. The van der Waals surface area contributed by atoms with Gasteiger partial charge in [-0.3, -0.25) is 4.79 Å². The van der Waals surface area contributed by atoms with Crippen LogP contribution in [0.2, 0.25) is 0 Å². The molecule has 0 aliphatic carbocycles. The molecule has 0 aromatic heterocycles. The van der Waals surface area contributed by atoms with Crippen molar-refractivity contribution in [3.05, 3.63) is 54.1 Å². The normalized spacial score (nSPS) is 17.5. The highest BCUT2D eigenvalue weighted by Gasteiger charge is 2.24. The topological polar surface area (TPSA) is 38.3 Å². The smallest absolute Gasteiger partial charge is 0.253 e.